The van der Waals surface area contributed by atoms with Crippen molar-refractivity contribution in [3.05, 3.63) is 65.0 Å². The Morgan fingerprint density at radius 2 is 1.88 bits per heavy atom. The van der Waals surface area contributed by atoms with Crippen LogP contribution >= 0.6 is 0 Å². The van der Waals surface area contributed by atoms with Gasteiger partial charge in [-0.1, -0.05) is 12.1 Å². The lowest BCUT2D eigenvalue weighted by atomic mass is 10.1. The highest BCUT2D eigenvalue weighted by atomic mass is 19.1. The largest absolute Gasteiger partial charge is 0.340 e. The summed E-state index contributed by atoms with van der Waals surface area (Å²) in [4.78, 5) is 26.5. The van der Waals surface area contributed by atoms with Gasteiger partial charge in [0.2, 0.25) is 5.91 Å². The Hall–Kier alpha value is -2.69. The van der Waals surface area contributed by atoms with E-state index in [1.54, 1.807) is 4.90 Å². The van der Waals surface area contributed by atoms with E-state index in [4.69, 9.17) is 0 Å². The molecule has 0 radical (unpaired) electrons. The summed E-state index contributed by atoms with van der Waals surface area (Å²) in [6.07, 6.45) is 0.535. The maximum absolute atomic E-state index is 13.2. The Morgan fingerprint density at radius 3 is 2.54 bits per heavy atom. The predicted octanol–water partition coefficient (Wildman–Crippen LogP) is 2.98. The molecular formula is C19H19FN2O2. The first kappa shape index (κ1) is 16.2. The fraction of sp³-hybridized carbons (Fsp3) is 0.263. The number of amides is 2. The minimum atomic E-state index is -0.582. The molecule has 1 fully saturated rings. The van der Waals surface area contributed by atoms with Gasteiger partial charge in [-0.15, -0.1) is 0 Å². The number of rotatable bonds is 3. The van der Waals surface area contributed by atoms with E-state index in [9.17, 15) is 14.0 Å². The van der Waals surface area contributed by atoms with E-state index in [1.165, 1.54) is 18.2 Å². The van der Waals surface area contributed by atoms with E-state index in [0.29, 0.717) is 13.0 Å². The molecule has 1 aliphatic heterocycles. The first-order valence-electron chi connectivity index (χ1n) is 7.90. The fourth-order valence-corrected chi connectivity index (χ4v) is 3.05. The summed E-state index contributed by atoms with van der Waals surface area (Å²) >= 11 is 0. The van der Waals surface area contributed by atoms with Gasteiger partial charge in [0.25, 0.3) is 5.91 Å². The summed E-state index contributed by atoms with van der Waals surface area (Å²) in [7, 11) is 0. The second-order valence-electron chi connectivity index (χ2n) is 6.16. The molecule has 2 aromatic rings. The van der Waals surface area contributed by atoms with Crippen LogP contribution in [0.15, 0.2) is 42.5 Å². The van der Waals surface area contributed by atoms with Gasteiger partial charge in [-0.3, -0.25) is 9.59 Å². The van der Waals surface area contributed by atoms with Crippen LogP contribution in [-0.2, 0) is 4.79 Å². The predicted molar refractivity (Wildman–Crippen MR) is 90.5 cm³/mol. The lowest BCUT2D eigenvalue weighted by molar-refractivity contribution is -0.118. The number of aryl methyl sites for hydroxylation is 2. The Balaban J connectivity index is 1.73. The van der Waals surface area contributed by atoms with Gasteiger partial charge in [0, 0.05) is 17.8 Å². The van der Waals surface area contributed by atoms with Crippen LogP contribution in [0.5, 0.6) is 0 Å². The molecule has 0 bridgehead atoms. The molecular weight excluding hydrogens is 307 g/mol. The third-order valence-electron chi connectivity index (χ3n) is 4.12. The molecule has 2 aromatic carbocycles. The van der Waals surface area contributed by atoms with Crippen molar-refractivity contribution in [1.29, 1.82) is 0 Å². The van der Waals surface area contributed by atoms with E-state index < -0.39 is 17.8 Å². The zero-order valence-electron chi connectivity index (χ0n) is 13.7. The average molecular weight is 326 g/mol. The maximum Gasteiger partial charge on any atom is 0.252 e. The molecule has 0 aliphatic carbocycles. The van der Waals surface area contributed by atoms with Crippen molar-refractivity contribution >= 4 is 17.5 Å². The SMILES string of the molecule is Cc1cc(C)cc(N2CC[C@H](NC(=O)c3cccc(F)c3)C2=O)c1. The Labute approximate surface area is 140 Å². The molecule has 124 valence electrons. The maximum atomic E-state index is 13.2. The number of anilines is 1. The summed E-state index contributed by atoms with van der Waals surface area (Å²) < 4.78 is 13.2. The van der Waals surface area contributed by atoms with Crippen LogP contribution in [0.4, 0.5) is 10.1 Å². The second kappa shape index (κ2) is 6.43. The van der Waals surface area contributed by atoms with E-state index in [-0.39, 0.29) is 11.5 Å². The van der Waals surface area contributed by atoms with Crippen molar-refractivity contribution in [1.82, 2.24) is 5.32 Å². The molecule has 1 aliphatic rings. The molecule has 0 spiro atoms. The first-order valence-corrected chi connectivity index (χ1v) is 7.90. The molecule has 3 rings (SSSR count). The van der Waals surface area contributed by atoms with Crippen molar-refractivity contribution in [2.45, 2.75) is 26.3 Å². The quantitative estimate of drug-likeness (QED) is 0.943. The van der Waals surface area contributed by atoms with Crippen LogP contribution in [0.3, 0.4) is 0 Å². The van der Waals surface area contributed by atoms with E-state index in [1.807, 2.05) is 32.0 Å². The van der Waals surface area contributed by atoms with Gasteiger partial charge in [0.05, 0.1) is 0 Å². The van der Waals surface area contributed by atoms with E-state index in [2.05, 4.69) is 5.32 Å². The minimum absolute atomic E-state index is 0.134. The second-order valence-corrected chi connectivity index (χ2v) is 6.16. The monoisotopic (exact) mass is 326 g/mol. The lowest BCUT2D eigenvalue weighted by Crippen LogP contribution is -2.41. The number of hydrogen-bond acceptors (Lipinski definition) is 2. The highest BCUT2D eigenvalue weighted by Crippen LogP contribution is 2.24. The molecule has 0 saturated carbocycles. The standard InChI is InChI=1S/C19H19FN2O2/c1-12-8-13(2)10-16(9-12)22-7-6-17(19(22)24)21-18(23)14-4-3-5-15(20)11-14/h3-5,8-11,17H,6-7H2,1-2H3,(H,21,23)/t17-/m0/s1. The zero-order valence-corrected chi connectivity index (χ0v) is 13.7. The molecule has 1 N–H and O–H groups in total. The summed E-state index contributed by atoms with van der Waals surface area (Å²) in [5, 5.41) is 2.70. The number of hydrogen-bond donors (Lipinski definition) is 1. The van der Waals surface area contributed by atoms with Gasteiger partial charge >= 0.3 is 0 Å². The topological polar surface area (TPSA) is 49.4 Å². The molecule has 1 saturated heterocycles. The Kier molecular flexibility index (Phi) is 4.34. The molecule has 5 heteroatoms. The van der Waals surface area contributed by atoms with Crippen LogP contribution < -0.4 is 10.2 Å². The van der Waals surface area contributed by atoms with E-state index >= 15 is 0 Å². The Bertz CT molecular complexity index is 783. The van der Waals surface area contributed by atoms with Gasteiger partial charge in [-0.25, -0.2) is 4.39 Å². The molecule has 2 amide bonds. The fourth-order valence-electron chi connectivity index (χ4n) is 3.05. The molecule has 0 aromatic heterocycles. The highest BCUT2D eigenvalue weighted by Gasteiger charge is 2.33. The van der Waals surface area contributed by atoms with Gasteiger partial charge in [-0.05, 0) is 61.7 Å². The number of nitrogens with zero attached hydrogens (tertiary/aromatic N) is 1. The van der Waals surface area contributed by atoms with Crippen LogP contribution in [-0.4, -0.2) is 24.4 Å². The van der Waals surface area contributed by atoms with Crippen LogP contribution in [0, 0.1) is 19.7 Å². The highest BCUT2D eigenvalue weighted by molar-refractivity contribution is 6.04. The number of carbonyl (C=O) groups excluding carboxylic acids is 2. The Morgan fingerprint density at radius 1 is 1.17 bits per heavy atom. The van der Waals surface area contributed by atoms with Crippen molar-refractivity contribution in [3.63, 3.8) is 0 Å². The van der Waals surface area contributed by atoms with Gasteiger partial charge < -0.3 is 10.2 Å². The van der Waals surface area contributed by atoms with Crippen LogP contribution in [0.1, 0.15) is 27.9 Å². The minimum Gasteiger partial charge on any atom is -0.340 e. The summed E-state index contributed by atoms with van der Waals surface area (Å²) in [5.41, 5.74) is 3.24. The molecule has 24 heavy (non-hydrogen) atoms. The number of benzene rings is 2. The van der Waals surface area contributed by atoms with Gasteiger partial charge in [0.1, 0.15) is 11.9 Å². The van der Waals surface area contributed by atoms with E-state index in [0.717, 1.165) is 22.9 Å². The summed E-state index contributed by atoms with van der Waals surface area (Å²) in [6.45, 7) is 4.52. The van der Waals surface area contributed by atoms with Crippen LogP contribution in [0.2, 0.25) is 0 Å². The third-order valence-corrected chi connectivity index (χ3v) is 4.12. The average Bonchev–Trinajstić information content (AvgIpc) is 2.87. The van der Waals surface area contributed by atoms with Crippen molar-refractivity contribution in [2.75, 3.05) is 11.4 Å². The lowest BCUT2D eigenvalue weighted by Gasteiger charge is -2.18. The molecule has 1 atom stereocenters. The number of halogens is 1. The smallest absolute Gasteiger partial charge is 0.252 e. The summed E-state index contributed by atoms with van der Waals surface area (Å²) in [6, 6.07) is 10.8. The van der Waals surface area contributed by atoms with Crippen LogP contribution in [0.25, 0.3) is 0 Å². The molecule has 1 heterocycles. The first-order chi connectivity index (χ1) is 11.4. The normalized spacial score (nSPS) is 17.2. The molecule has 0 unspecified atom stereocenters. The third kappa shape index (κ3) is 3.30. The van der Waals surface area contributed by atoms with Crippen molar-refractivity contribution in [2.24, 2.45) is 0 Å². The van der Waals surface area contributed by atoms with Crippen molar-refractivity contribution in [3.8, 4) is 0 Å². The van der Waals surface area contributed by atoms with Gasteiger partial charge in [0.15, 0.2) is 0 Å². The molecule has 4 nitrogen and oxygen atoms in total. The number of nitrogens with one attached hydrogen (secondary N) is 1. The zero-order chi connectivity index (χ0) is 17.3. The van der Waals surface area contributed by atoms with Crippen molar-refractivity contribution < 1.29 is 14.0 Å². The van der Waals surface area contributed by atoms with Gasteiger partial charge in [-0.2, -0.15) is 0 Å². The summed E-state index contributed by atoms with van der Waals surface area (Å²) in [5.74, 6) is -1.04. The number of carbonyl (C=O) groups is 2.